The number of rotatable bonds is 4. The van der Waals surface area contributed by atoms with Gasteiger partial charge in [-0.15, -0.1) is 0 Å². The van der Waals surface area contributed by atoms with Crippen LogP contribution in [0.5, 0.6) is 0 Å². The number of aliphatic hydroxyl groups is 1. The molecule has 0 saturated carbocycles. The van der Waals surface area contributed by atoms with Crippen molar-refractivity contribution in [2.24, 2.45) is 0 Å². The molecule has 1 heterocycles. The second kappa shape index (κ2) is 5.75. The quantitative estimate of drug-likeness (QED) is 0.862. The van der Waals surface area contributed by atoms with Crippen molar-refractivity contribution in [3.63, 3.8) is 0 Å². The van der Waals surface area contributed by atoms with E-state index in [0.29, 0.717) is 6.54 Å². The minimum Gasteiger partial charge on any atom is -0.389 e. The zero-order valence-corrected chi connectivity index (χ0v) is 14.2. The zero-order chi connectivity index (χ0) is 14.8. The van der Waals surface area contributed by atoms with E-state index >= 15 is 0 Å². The Hall–Kier alpha value is -0.680. The molecule has 1 rings (SSSR count). The smallest absolute Gasteiger partial charge is 0.137 e. The fraction of sp³-hybridized carbons (Fsp3) is 0.714. The molecular weight excluding hydrogens is 306 g/mol. The van der Waals surface area contributed by atoms with E-state index in [1.165, 1.54) is 0 Å². The van der Waals surface area contributed by atoms with Crippen LogP contribution in [0.2, 0.25) is 0 Å². The Labute approximate surface area is 124 Å². The van der Waals surface area contributed by atoms with Crippen LogP contribution >= 0.6 is 15.9 Å². The van der Waals surface area contributed by atoms with Gasteiger partial charge in [0.05, 0.1) is 5.60 Å². The normalized spacial score (nSPS) is 12.6. The number of nitrogens with zero attached hydrogens (tertiary/aromatic N) is 3. The molecule has 0 aliphatic heterocycles. The summed E-state index contributed by atoms with van der Waals surface area (Å²) in [5.41, 5.74) is -0.859. The van der Waals surface area contributed by atoms with Crippen LogP contribution in [0.1, 0.15) is 47.4 Å². The molecule has 0 bridgehead atoms. The number of anilines is 1. The van der Waals surface area contributed by atoms with Gasteiger partial charge in [-0.2, -0.15) is 0 Å². The summed E-state index contributed by atoms with van der Waals surface area (Å²) in [5.74, 6) is 1.64. The molecule has 1 aromatic rings. The van der Waals surface area contributed by atoms with E-state index in [1.807, 2.05) is 6.07 Å². The van der Waals surface area contributed by atoms with Crippen LogP contribution in [-0.2, 0) is 5.41 Å². The zero-order valence-electron chi connectivity index (χ0n) is 12.7. The average molecular weight is 330 g/mol. The number of hydrogen-bond acceptors (Lipinski definition) is 4. The van der Waals surface area contributed by atoms with Gasteiger partial charge in [-0.25, -0.2) is 9.97 Å². The van der Waals surface area contributed by atoms with Gasteiger partial charge >= 0.3 is 0 Å². The summed E-state index contributed by atoms with van der Waals surface area (Å²) in [6, 6.07) is 1.89. The number of likely N-dealkylation sites (N-methyl/N-ethyl adjacent to an activating group) is 1. The number of halogens is 1. The molecule has 108 valence electrons. The van der Waals surface area contributed by atoms with Crippen molar-refractivity contribution in [3.8, 4) is 0 Å². The number of hydrogen-bond donors (Lipinski definition) is 1. The predicted molar refractivity (Wildman–Crippen MR) is 82.6 cm³/mol. The summed E-state index contributed by atoms with van der Waals surface area (Å²) in [7, 11) is 0. The summed E-state index contributed by atoms with van der Waals surface area (Å²) >= 11 is 3.44. The summed E-state index contributed by atoms with van der Waals surface area (Å²) < 4.78 is 0.775. The third-order valence-corrected chi connectivity index (χ3v) is 3.04. The highest BCUT2D eigenvalue weighted by atomic mass is 79.9. The largest absolute Gasteiger partial charge is 0.389 e. The predicted octanol–water partition coefficient (Wildman–Crippen LogP) is 3.13. The first-order valence-corrected chi connectivity index (χ1v) is 7.34. The summed E-state index contributed by atoms with van der Waals surface area (Å²) in [5, 5.41) is 9.98. The van der Waals surface area contributed by atoms with Crippen molar-refractivity contribution in [3.05, 3.63) is 16.5 Å². The lowest BCUT2D eigenvalue weighted by atomic mass is 9.96. The maximum atomic E-state index is 9.98. The van der Waals surface area contributed by atoms with Gasteiger partial charge < -0.3 is 10.0 Å². The molecule has 5 heteroatoms. The van der Waals surface area contributed by atoms with E-state index in [0.717, 1.165) is 22.8 Å². The molecule has 0 atom stereocenters. The number of aromatic nitrogens is 2. The van der Waals surface area contributed by atoms with Gasteiger partial charge in [0.15, 0.2) is 0 Å². The monoisotopic (exact) mass is 329 g/mol. The molecular formula is C14H24BrN3O. The molecule has 0 saturated heterocycles. The molecule has 0 fully saturated rings. The van der Waals surface area contributed by atoms with Gasteiger partial charge in [0.1, 0.15) is 16.2 Å². The summed E-state index contributed by atoms with van der Waals surface area (Å²) in [6.45, 7) is 13.2. The van der Waals surface area contributed by atoms with Gasteiger partial charge in [-0.3, -0.25) is 0 Å². The van der Waals surface area contributed by atoms with Crippen LogP contribution in [0.25, 0.3) is 0 Å². The van der Waals surface area contributed by atoms with Crippen molar-refractivity contribution in [1.29, 1.82) is 0 Å². The Kier molecular flexibility index (Phi) is 4.96. The van der Waals surface area contributed by atoms with Crippen molar-refractivity contribution >= 4 is 21.7 Å². The maximum Gasteiger partial charge on any atom is 0.137 e. The average Bonchev–Trinajstić information content (AvgIpc) is 2.22. The Bertz CT molecular complexity index is 435. The minimum atomic E-state index is -0.755. The lowest BCUT2D eigenvalue weighted by molar-refractivity contribution is 0.0874. The second-order valence-corrected chi connectivity index (χ2v) is 7.26. The van der Waals surface area contributed by atoms with Gasteiger partial charge in [0, 0.05) is 24.6 Å². The van der Waals surface area contributed by atoms with E-state index in [2.05, 4.69) is 58.5 Å². The highest BCUT2D eigenvalue weighted by Crippen LogP contribution is 2.25. The van der Waals surface area contributed by atoms with Crippen LogP contribution < -0.4 is 4.90 Å². The Morgan fingerprint density at radius 3 is 2.21 bits per heavy atom. The van der Waals surface area contributed by atoms with Crippen LogP contribution in [-0.4, -0.2) is 33.8 Å². The third-order valence-electron chi connectivity index (χ3n) is 2.64. The van der Waals surface area contributed by atoms with E-state index in [-0.39, 0.29) is 5.41 Å². The molecule has 19 heavy (non-hydrogen) atoms. The summed E-state index contributed by atoms with van der Waals surface area (Å²) in [6.07, 6.45) is 0. The molecule has 0 radical (unpaired) electrons. The molecule has 1 N–H and O–H groups in total. The van der Waals surface area contributed by atoms with Crippen molar-refractivity contribution in [2.75, 3.05) is 18.0 Å². The highest BCUT2D eigenvalue weighted by molar-refractivity contribution is 9.10. The molecule has 4 nitrogen and oxygen atoms in total. The fourth-order valence-corrected chi connectivity index (χ4v) is 2.10. The highest BCUT2D eigenvalue weighted by Gasteiger charge is 2.22. The van der Waals surface area contributed by atoms with E-state index in [1.54, 1.807) is 13.8 Å². The Morgan fingerprint density at radius 2 is 1.79 bits per heavy atom. The molecule has 0 aliphatic rings. The van der Waals surface area contributed by atoms with Gasteiger partial charge in [-0.05, 0) is 36.7 Å². The Morgan fingerprint density at radius 1 is 1.21 bits per heavy atom. The molecule has 1 aromatic heterocycles. The molecule has 0 aliphatic carbocycles. The van der Waals surface area contributed by atoms with Crippen molar-refractivity contribution in [1.82, 2.24) is 9.97 Å². The van der Waals surface area contributed by atoms with Crippen molar-refractivity contribution < 1.29 is 5.11 Å². The first-order valence-electron chi connectivity index (χ1n) is 6.55. The molecule has 0 aromatic carbocycles. The second-order valence-electron chi connectivity index (χ2n) is 6.45. The molecule has 0 unspecified atom stereocenters. The maximum absolute atomic E-state index is 9.98. The lowest BCUT2D eigenvalue weighted by Gasteiger charge is -2.30. The third kappa shape index (κ3) is 5.07. The lowest BCUT2D eigenvalue weighted by Crippen LogP contribution is -2.39. The van der Waals surface area contributed by atoms with Crippen LogP contribution in [0.15, 0.2) is 10.7 Å². The fourth-order valence-electron chi connectivity index (χ4n) is 1.73. The summed E-state index contributed by atoms with van der Waals surface area (Å²) in [4.78, 5) is 11.1. The molecule has 0 spiro atoms. The van der Waals surface area contributed by atoms with Crippen molar-refractivity contribution in [2.45, 2.75) is 52.6 Å². The first-order chi connectivity index (χ1) is 8.53. The first kappa shape index (κ1) is 16.4. The van der Waals surface area contributed by atoms with E-state index in [4.69, 9.17) is 0 Å². The Balaban J connectivity index is 3.14. The van der Waals surface area contributed by atoms with Gasteiger partial charge in [0.2, 0.25) is 0 Å². The van der Waals surface area contributed by atoms with Gasteiger partial charge in [-0.1, -0.05) is 20.8 Å². The SMILES string of the molecule is CCN(CC(C)(C)O)c1cc(Br)nc(C(C)(C)C)n1. The molecule has 0 amide bonds. The minimum absolute atomic E-state index is 0.104. The van der Waals surface area contributed by atoms with Gasteiger partial charge in [0.25, 0.3) is 0 Å². The van der Waals surface area contributed by atoms with Crippen LogP contribution in [0.4, 0.5) is 5.82 Å². The topological polar surface area (TPSA) is 49.2 Å². The van der Waals surface area contributed by atoms with Crippen LogP contribution in [0, 0.1) is 0 Å². The van der Waals surface area contributed by atoms with Crippen LogP contribution in [0.3, 0.4) is 0 Å². The van der Waals surface area contributed by atoms with E-state index in [9.17, 15) is 5.11 Å². The standard InChI is InChI=1S/C14H24BrN3O/c1-7-18(9-14(5,6)19)11-8-10(15)16-12(17-11)13(2,3)4/h8,19H,7,9H2,1-6H3. The van der Waals surface area contributed by atoms with E-state index < -0.39 is 5.60 Å².